The number of benzene rings is 2. The standard InChI is InChI=1S/C17H12BrFN2O/c18-14-7-6-13(15(19)10-14)11-21-17(22)9-8-16(20-21)12-4-2-1-3-5-12/h1-10H,11H2. The highest BCUT2D eigenvalue weighted by Gasteiger charge is 2.07. The van der Waals surface area contributed by atoms with Gasteiger partial charge in [0.15, 0.2) is 0 Å². The fraction of sp³-hybridized carbons (Fsp3) is 0.0588. The molecule has 2 aromatic carbocycles. The van der Waals surface area contributed by atoms with Gasteiger partial charge in [-0.25, -0.2) is 9.07 Å². The minimum atomic E-state index is -0.367. The fourth-order valence-corrected chi connectivity index (χ4v) is 2.47. The smallest absolute Gasteiger partial charge is 0.267 e. The number of nitrogens with zero attached hydrogens (tertiary/aromatic N) is 2. The van der Waals surface area contributed by atoms with E-state index in [0.29, 0.717) is 15.7 Å². The lowest BCUT2D eigenvalue weighted by atomic mass is 10.1. The zero-order valence-electron chi connectivity index (χ0n) is 11.5. The highest BCUT2D eigenvalue weighted by molar-refractivity contribution is 9.10. The van der Waals surface area contributed by atoms with Crippen molar-refractivity contribution in [1.29, 1.82) is 0 Å². The lowest BCUT2D eigenvalue weighted by Crippen LogP contribution is -2.23. The van der Waals surface area contributed by atoms with Crippen molar-refractivity contribution in [3.05, 3.63) is 86.9 Å². The molecule has 3 aromatic rings. The van der Waals surface area contributed by atoms with Crippen molar-refractivity contribution >= 4 is 15.9 Å². The lowest BCUT2D eigenvalue weighted by Gasteiger charge is -2.08. The molecule has 0 N–H and O–H groups in total. The fourth-order valence-electron chi connectivity index (χ4n) is 2.14. The van der Waals surface area contributed by atoms with Crippen LogP contribution in [-0.2, 0) is 6.54 Å². The van der Waals surface area contributed by atoms with Gasteiger partial charge in [0.1, 0.15) is 5.82 Å². The average Bonchev–Trinajstić information content (AvgIpc) is 2.53. The molecule has 0 aliphatic carbocycles. The predicted molar refractivity (Wildman–Crippen MR) is 87.1 cm³/mol. The molecule has 0 atom stereocenters. The van der Waals surface area contributed by atoms with E-state index in [-0.39, 0.29) is 17.9 Å². The van der Waals surface area contributed by atoms with Gasteiger partial charge in [-0.3, -0.25) is 4.79 Å². The van der Waals surface area contributed by atoms with Crippen LogP contribution in [0.2, 0.25) is 0 Å². The first-order valence-corrected chi connectivity index (χ1v) is 7.50. The Kier molecular flexibility index (Phi) is 4.15. The number of aromatic nitrogens is 2. The third kappa shape index (κ3) is 3.14. The molecule has 110 valence electrons. The molecule has 3 nitrogen and oxygen atoms in total. The van der Waals surface area contributed by atoms with Gasteiger partial charge >= 0.3 is 0 Å². The highest BCUT2D eigenvalue weighted by Crippen LogP contribution is 2.17. The first-order chi connectivity index (χ1) is 10.6. The summed E-state index contributed by atoms with van der Waals surface area (Å²) in [7, 11) is 0. The van der Waals surface area contributed by atoms with Gasteiger partial charge in [-0.15, -0.1) is 0 Å². The van der Waals surface area contributed by atoms with Crippen molar-refractivity contribution in [2.45, 2.75) is 6.54 Å². The molecule has 0 radical (unpaired) electrons. The third-order valence-electron chi connectivity index (χ3n) is 3.27. The van der Waals surface area contributed by atoms with E-state index in [2.05, 4.69) is 21.0 Å². The molecule has 0 spiro atoms. The van der Waals surface area contributed by atoms with Crippen LogP contribution < -0.4 is 5.56 Å². The highest BCUT2D eigenvalue weighted by atomic mass is 79.9. The Morgan fingerprint density at radius 3 is 2.55 bits per heavy atom. The van der Waals surface area contributed by atoms with Gasteiger partial charge in [0, 0.05) is 21.7 Å². The van der Waals surface area contributed by atoms with Crippen molar-refractivity contribution in [3.63, 3.8) is 0 Å². The summed E-state index contributed by atoms with van der Waals surface area (Å²) >= 11 is 3.21. The molecule has 0 saturated heterocycles. The van der Waals surface area contributed by atoms with Crippen molar-refractivity contribution in [3.8, 4) is 11.3 Å². The van der Waals surface area contributed by atoms with Crippen LogP contribution >= 0.6 is 15.9 Å². The Morgan fingerprint density at radius 2 is 1.82 bits per heavy atom. The van der Waals surface area contributed by atoms with Gasteiger partial charge in [-0.1, -0.05) is 52.3 Å². The Labute approximate surface area is 135 Å². The van der Waals surface area contributed by atoms with Crippen molar-refractivity contribution < 1.29 is 4.39 Å². The van der Waals surface area contributed by atoms with Gasteiger partial charge in [-0.2, -0.15) is 5.10 Å². The topological polar surface area (TPSA) is 34.9 Å². The van der Waals surface area contributed by atoms with Crippen LogP contribution in [0.4, 0.5) is 4.39 Å². The first kappa shape index (κ1) is 14.7. The monoisotopic (exact) mass is 358 g/mol. The molecule has 1 heterocycles. The number of hydrogen-bond donors (Lipinski definition) is 0. The summed E-state index contributed by atoms with van der Waals surface area (Å²) in [4.78, 5) is 12.0. The van der Waals surface area contributed by atoms with E-state index in [1.165, 1.54) is 16.8 Å². The molecule has 1 aromatic heterocycles. The number of hydrogen-bond acceptors (Lipinski definition) is 2. The second-order valence-corrected chi connectivity index (χ2v) is 5.73. The van der Waals surface area contributed by atoms with Crippen molar-refractivity contribution in [1.82, 2.24) is 9.78 Å². The van der Waals surface area contributed by atoms with E-state index >= 15 is 0 Å². The lowest BCUT2D eigenvalue weighted by molar-refractivity contribution is 0.573. The molecule has 0 bridgehead atoms. The normalized spacial score (nSPS) is 10.6. The van der Waals surface area contributed by atoms with Crippen LogP contribution in [0, 0.1) is 5.82 Å². The Hall–Kier alpha value is -2.27. The van der Waals surface area contributed by atoms with E-state index < -0.39 is 0 Å². The summed E-state index contributed by atoms with van der Waals surface area (Å²) in [6, 6.07) is 17.4. The summed E-state index contributed by atoms with van der Waals surface area (Å²) in [6.07, 6.45) is 0. The van der Waals surface area contributed by atoms with Crippen LogP contribution in [0.15, 0.2) is 69.9 Å². The molecule has 0 aliphatic rings. The molecular formula is C17H12BrFN2O. The Bertz CT molecular complexity index is 862. The molecule has 0 amide bonds. The van der Waals surface area contributed by atoms with Crippen molar-refractivity contribution in [2.24, 2.45) is 0 Å². The van der Waals surface area contributed by atoms with Crippen LogP contribution in [0.5, 0.6) is 0 Å². The number of halogens is 2. The van der Waals surface area contributed by atoms with E-state index in [1.807, 2.05) is 30.3 Å². The largest absolute Gasteiger partial charge is 0.268 e. The summed E-state index contributed by atoms with van der Waals surface area (Å²) in [5, 5.41) is 4.33. The molecule has 0 aliphatic heterocycles. The van der Waals surface area contributed by atoms with E-state index in [9.17, 15) is 9.18 Å². The maximum absolute atomic E-state index is 13.9. The number of rotatable bonds is 3. The van der Waals surface area contributed by atoms with E-state index in [0.717, 1.165) is 5.56 Å². The van der Waals surface area contributed by atoms with Gasteiger partial charge in [0.2, 0.25) is 0 Å². The molecule has 0 unspecified atom stereocenters. The summed E-state index contributed by atoms with van der Waals surface area (Å²) in [5.74, 6) is -0.367. The summed E-state index contributed by atoms with van der Waals surface area (Å²) < 4.78 is 15.8. The Balaban J connectivity index is 1.99. The predicted octanol–water partition coefficient (Wildman–Crippen LogP) is 3.86. The van der Waals surface area contributed by atoms with Gasteiger partial charge in [-0.05, 0) is 18.2 Å². The minimum Gasteiger partial charge on any atom is -0.268 e. The Morgan fingerprint density at radius 1 is 1.05 bits per heavy atom. The molecule has 3 rings (SSSR count). The second-order valence-electron chi connectivity index (χ2n) is 4.82. The minimum absolute atomic E-state index is 0.0959. The molecular weight excluding hydrogens is 347 g/mol. The van der Waals surface area contributed by atoms with Gasteiger partial charge in [0.25, 0.3) is 5.56 Å². The maximum atomic E-state index is 13.9. The first-order valence-electron chi connectivity index (χ1n) is 6.71. The summed E-state index contributed by atoms with van der Waals surface area (Å²) in [5.41, 5.74) is 1.75. The third-order valence-corrected chi connectivity index (χ3v) is 3.76. The zero-order chi connectivity index (χ0) is 15.5. The zero-order valence-corrected chi connectivity index (χ0v) is 13.1. The maximum Gasteiger partial charge on any atom is 0.267 e. The quantitative estimate of drug-likeness (QED) is 0.712. The SMILES string of the molecule is O=c1ccc(-c2ccccc2)nn1Cc1ccc(Br)cc1F. The van der Waals surface area contributed by atoms with Gasteiger partial charge in [0.05, 0.1) is 12.2 Å². The summed E-state index contributed by atoms with van der Waals surface area (Å²) in [6.45, 7) is 0.0959. The molecule has 0 saturated carbocycles. The van der Waals surface area contributed by atoms with Crippen LogP contribution in [0.3, 0.4) is 0 Å². The van der Waals surface area contributed by atoms with Gasteiger partial charge < -0.3 is 0 Å². The van der Waals surface area contributed by atoms with E-state index in [4.69, 9.17) is 0 Å². The second kappa shape index (κ2) is 6.23. The van der Waals surface area contributed by atoms with Crippen LogP contribution in [-0.4, -0.2) is 9.78 Å². The van der Waals surface area contributed by atoms with Crippen LogP contribution in [0.1, 0.15) is 5.56 Å². The van der Waals surface area contributed by atoms with E-state index in [1.54, 1.807) is 18.2 Å². The molecule has 0 fully saturated rings. The molecule has 22 heavy (non-hydrogen) atoms. The average molecular weight is 359 g/mol. The molecule has 5 heteroatoms. The van der Waals surface area contributed by atoms with Crippen LogP contribution in [0.25, 0.3) is 11.3 Å². The van der Waals surface area contributed by atoms with Crippen molar-refractivity contribution in [2.75, 3.05) is 0 Å².